The van der Waals surface area contributed by atoms with Gasteiger partial charge in [0.2, 0.25) is 0 Å². The molecular weight excluding hydrogens is 206 g/mol. The molecule has 0 bridgehead atoms. The number of aryl methyl sites for hydroxylation is 1. The van der Waals surface area contributed by atoms with Crippen LogP contribution in [0.1, 0.15) is 37.6 Å². The fourth-order valence-electron chi connectivity index (χ4n) is 1.81. The van der Waals surface area contributed by atoms with Crippen molar-refractivity contribution < 1.29 is 4.92 Å². The van der Waals surface area contributed by atoms with Gasteiger partial charge in [-0.1, -0.05) is 6.92 Å². The van der Waals surface area contributed by atoms with E-state index < -0.39 is 4.92 Å². The molecule has 16 heavy (non-hydrogen) atoms. The van der Waals surface area contributed by atoms with Crippen molar-refractivity contribution >= 4 is 5.69 Å². The van der Waals surface area contributed by atoms with E-state index in [0.29, 0.717) is 5.69 Å². The van der Waals surface area contributed by atoms with Gasteiger partial charge >= 0.3 is 0 Å². The summed E-state index contributed by atoms with van der Waals surface area (Å²) in [6, 6.07) is 3.01. The van der Waals surface area contributed by atoms with E-state index in [1.54, 1.807) is 6.07 Å². The van der Waals surface area contributed by atoms with Gasteiger partial charge in [0.1, 0.15) is 5.69 Å². The SMILES string of the molecule is CCC(c1nc(C)ccc1[N+](=O)[O-])C(C)N. The monoisotopic (exact) mass is 223 g/mol. The number of nitrogens with two attached hydrogens (primary N) is 1. The molecule has 0 aliphatic rings. The van der Waals surface area contributed by atoms with Crippen LogP contribution in [0.4, 0.5) is 5.69 Å². The van der Waals surface area contributed by atoms with E-state index in [4.69, 9.17) is 5.73 Å². The van der Waals surface area contributed by atoms with Gasteiger partial charge < -0.3 is 5.73 Å². The van der Waals surface area contributed by atoms with E-state index >= 15 is 0 Å². The molecule has 0 saturated heterocycles. The molecule has 0 radical (unpaired) electrons. The summed E-state index contributed by atoms with van der Waals surface area (Å²) in [6.45, 7) is 5.63. The quantitative estimate of drug-likeness (QED) is 0.626. The lowest BCUT2D eigenvalue weighted by atomic mass is 9.93. The lowest BCUT2D eigenvalue weighted by Crippen LogP contribution is -2.26. The molecule has 5 heteroatoms. The molecule has 2 unspecified atom stereocenters. The van der Waals surface area contributed by atoms with Crippen molar-refractivity contribution in [1.82, 2.24) is 4.98 Å². The van der Waals surface area contributed by atoms with Gasteiger partial charge in [-0.3, -0.25) is 15.1 Å². The minimum Gasteiger partial charge on any atom is -0.327 e. The number of pyridine rings is 1. The van der Waals surface area contributed by atoms with Gasteiger partial charge in [0.05, 0.1) is 4.92 Å². The van der Waals surface area contributed by atoms with Gasteiger partial charge in [-0.05, 0) is 26.3 Å². The maximum absolute atomic E-state index is 10.9. The number of rotatable bonds is 4. The van der Waals surface area contributed by atoms with Crippen molar-refractivity contribution in [1.29, 1.82) is 0 Å². The Balaban J connectivity index is 3.27. The Labute approximate surface area is 94.8 Å². The third-order valence-corrected chi connectivity index (χ3v) is 2.66. The fourth-order valence-corrected chi connectivity index (χ4v) is 1.81. The molecule has 1 aromatic heterocycles. The molecule has 2 atom stereocenters. The molecule has 0 amide bonds. The van der Waals surface area contributed by atoms with Crippen molar-refractivity contribution in [3.8, 4) is 0 Å². The van der Waals surface area contributed by atoms with Gasteiger partial charge in [-0.15, -0.1) is 0 Å². The molecule has 0 saturated carbocycles. The van der Waals surface area contributed by atoms with E-state index in [1.165, 1.54) is 6.07 Å². The predicted octanol–water partition coefficient (Wildman–Crippen LogP) is 2.14. The van der Waals surface area contributed by atoms with E-state index in [0.717, 1.165) is 12.1 Å². The van der Waals surface area contributed by atoms with Crippen molar-refractivity contribution in [3.05, 3.63) is 33.6 Å². The highest BCUT2D eigenvalue weighted by atomic mass is 16.6. The lowest BCUT2D eigenvalue weighted by molar-refractivity contribution is -0.386. The summed E-state index contributed by atoms with van der Waals surface area (Å²) in [4.78, 5) is 14.8. The number of nitro groups is 1. The van der Waals surface area contributed by atoms with Crippen LogP contribution in [-0.2, 0) is 0 Å². The van der Waals surface area contributed by atoms with E-state index in [-0.39, 0.29) is 17.6 Å². The summed E-state index contributed by atoms with van der Waals surface area (Å²) in [7, 11) is 0. The first kappa shape index (κ1) is 12.6. The van der Waals surface area contributed by atoms with Crippen LogP contribution in [-0.4, -0.2) is 15.9 Å². The maximum Gasteiger partial charge on any atom is 0.291 e. The molecule has 1 aromatic rings. The standard InChI is InChI=1S/C11H17N3O2/c1-4-9(8(3)12)11-10(14(15)16)6-5-7(2)13-11/h5-6,8-9H,4,12H2,1-3H3. The first-order valence-electron chi connectivity index (χ1n) is 5.34. The van der Waals surface area contributed by atoms with Crippen LogP contribution in [0, 0.1) is 17.0 Å². The normalized spacial score (nSPS) is 14.5. The average molecular weight is 223 g/mol. The summed E-state index contributed by atoms with van der Waals surface area (Å²) >= 11 is 0. The summed E-state index contributed by atoms with van der Waals surface area (Å²) in [5.74, 6) is -0.0692. The van der Waals surface area contributed by atoms with Crippen LogP contribution < -0.4 is 5.73 Å². The van der Waals surface area contributed by atoms with Crippen molar-refractivity contribution in [3.63, 3.8) is 0 Å². The first-order chi connectivity index (χ1) is 7.47. The van der Waals surface area contributed by atoms with Gasteiger partial charge in [0.25, 0.3) is 5.69 Å². The molecule has 0 spiro atoms. The van der Waals surface area contributed by atoms with Crippen LogP contribution in [0.25, 0.3) is 0 Å². The molecule has 0 aromatic carbocycles. The summed E-state index contributed by atoms with van der Waals surface area (Å²) < 4.78 is 0. The van der Waals surface area contributed by atoms with Crippen LogP contribution in [0.5, 0.6) is 0 Å². The van der Waals surface area contributed by atoms with E-state index in [1.807, 2.05) is 20.8 Å². The minimum atomic E-state index is -0.396. The van der Waals surface area contributed by atoms with E-state index in [9.17, 15) is 10.1 Å². The van der Waals surface area contributed by atoms with Gasteiger partial charge in [0.15, 0.2) is 0 Å². The number of aromatic nitrogens is 1. The Morgan fingerprint density at radius 1 is 1.56 bits per heavy atom. The molecule has 1 heterocycles. The first-order valence-corrected chi connectivity index (χ1v) is 5.34. The zero-order chi connectivity index (χ0) is 12.3. The highest BCUT2D eigenvalue weighted by Crippen LogP contribution is 2.29. The fraction of sp³-hybridized carbons (Fsp3) is 0.545. The van der Waals surface area contributed by atoms with Crippen molar-refractivity contribution in [2.45, 2.75) is 39.2 Å². The maximum atomic E-state index is 10.9. The topological polar surface area (TPSA) is 82.0 Å². The molecule has 2 N–H and O–H groups in total. The highest BCUT2D eigenvalue weighted by Gasteiger charge is 2.25. The third-order valence-electron chi connectivity index (χ3n) is 2.66. The molecule has 0 aliphatic heterocycles. The molecule has 88 valence electrons. The number of hydrogen-bond acceptors (Lipinski definition) is 4. The van der Waals surface area contributed by atoms with Gasteiger partial charge in [-0.25, -0.2) is 0 Å². The van der Waals surface area contributed by atoms with E-state index in [2.05, 4.69) is 4.98 Å². The number of nitrogens with zero attached hydrogens (tertiary/aromatic N) is 2. The van der Waals surface area contributed by atoms with Crippen molar-refractivity contribution in [2.75, 3.05) is 0 Å². The summed E-state index contributed by atoms with van der Waals surface area (Å²) in [5, 5.41) is 10.9. The molecule has 5 nitrogen and oxygen atoms in total. The third kappa shape index (κ3) is 2.55. The minimum absolute atomic E-state index is 0.0646. The highest BCUT2D eigenvalue weighted by molar-refractivity contribution is 5.39. The van der Waals surface area contributed by atoms with Crippen LogP contribution in [0.3, 0.4) is 0 Å². The van der Waals surface area contributed by atoms with Crippen LogP contribution >= 0.6 is 0 Å². The number of hydrogen-bond donors (Lipinski definition) is 1. The Hall–Kier alpha value is -1.49. The second-order valence-corrected chi connectivity index (χ2v) is 3.99. The Kier molecular flexibility index (Phi) is 3.95. The Morgan fingerprint density at radius 3 is 2.62 bits per heavy atom. The molecule has 0 fully saturated rings. The lowest BCUT2D eigenvalue weighted by Gasteiger charge is -2.18. The largest absolute Gasteiger partial charge is 0.327 e. The van der Waals surface area contributed by atoms with Crippen molar-refractivity contribution in [2.24, 2.45) is 5.73 Å². The molecule has 0 aliphatic carbocycles. The van der Waals surface area contributed by atoms with Gasteiger partial charge in [-0.2, -0.15) is 0 Å². The smallest absolute Gasteiger partial charge is 0.291 e. The predicted molar refractivity (Wildman–Crippen MR) is 62.3 cm³/mol. The average Bonchev–Trinajstić information content (AvgIpc) is 2.17. The summed E-state index contributed by atoms with van der Waals surface area (Å²) in [5.41, 5.74) is 7.18. The zero-order valence-corrected chi connectivity index (χ0v) is 9.80. The second kappa shape index (κ2) is 5.03. The molecular formula is C11H17N3O2. The summed E-state index contributed by atoms with van der Waals surface area (Å²) in [6.07, 6.45) is 0.745. The van der Waals surface area contributed by atoms with Gasteiger partial charge in [0, 0.05) is 23.7 Å². The Morgan fingerprint density at radius 2 is 2.19 bits per heavy atom. The van der Waals surface area contributed by atoms with Crippen LogP contribution in [0.15, 0.2) is 12.1 Å². The van der Waals surface area contributed by atoms with Crippen LogP contribution in [0.2, 0.25) is 0 Å². The molecule has 1 rings (SSSR count). The Bertz CT molecular complexity index is 391. The second-order valence-electron chi connectivity index (χ2n) is 3.99. The zero-order valence-electron chi connectivity index (χ0n) is 9.80.